The first-order chi connectivity index (χ1) is 14.1. The molecule has 2 amide bonds. The molecule has 1 saturated carbocycles. The van der Waals surface area contributed by atoms with Crippen molar-refractivity contribution in [2.24, 2.45) is 0 Å². The summed E-state index contributed by atoms with van der Waals surface area (Å²) in [5.41, 5.74) is 1.38. The molecule has 0 spiro atoms. The fourth-order valence-electron chi connectivity index (χ4n) is 2.78. The van der Waals surface area contributed by atoms with E-state index < -0.39 is 0 Å². The molecule has 2 aromatic carbocycles. The molecule has 0 saturated heterocycles. The molecule has 0 bridgehead atoms. The smallest absolute Gasteiger partial charge is 0.255 e. The van der Waals surface area contributed by atoms with E-state index in [1.165, 1.54) is 0 Å². The molecule has 0 unspecified atom stereocenters. The Morgan fingerprint density at radius 3 is 2.31 bits per heavy atom. The number of anilines is 1. The molecule has 1 aliphatic carbocycles. The summed E-state index contributed by atoms with van der Waals surface area (Å²) < 4.78 is 11.5. The Morgan fingerprint density at radius 1 is 0.931 bits per heavy atom. The summed E-state index contributed by atoms with van der Waals surface area (Å²) >= 11 is 0. The van der Waals surface area contributed by atoms with Crippen LogP contribution in [0.1, 0.15) is 60.2 Å². The predicted molar refractivity (Wildman–Crippen MR) is 113 cm³/mol. The highest BCUT2D eigenvalue weighted by Gasteiger charge is 2.25. The van der Waals surface area contributed by atoms with Crippen molar-refractivity contribution in [3.63, 3.8) is 0 Å². The van der Waals surface area contributed by atoms with Crippen molar-refractivity contribution in [2.45, 2.75) is 45.6 Å². The molecule has 0 aliphatic heterocycles. The third-order valence-electron chi connectivity index (χ3n) is 4.46. The second kappa shape index (κ2) is 9.96. The van der Waals surface area contributed by atoms with E-state index in [1.54, 1.807) is 42.5 Å². The molecule has 1 aliphatic rings. The molecular weight excluding hydrogens is 368 g/mol. The SMILES string of the molecule is CCCOc1ccc(C(=O)Nc2ccccc2C(=O)NC2CC2)cc1OCCC. The van der Waals surface area contributed by atoms with E-state index in [4.69, 9.17) is 9.47 Å². The molecule has 0 atom stereocenters. The average molecular weight is 396 g/mol. The van der Waals surface area contributed by atoms with Gasteiger partial charge in [0, 0.05) is 11.6 Å². The molecule has 3 rings (SSSR count). The fourth-order valence-corrected chi connectivity index (χ4v) is 2.78. The summed E-state index contributed by atoms with van der Waals surface area (Å²) in [4.78, 5) is 25.3. The Bertz CT molecular complexity index is 862. The van der Waals surface area contributed by atoms with Gasteiger partial charge >= 0.3 is 0 Å². The maximum Gasteiger partial charge on any atom is 0.255 e. The van der Waals surface area contributed by atoms with E-state index in [9.17, 15) is 9.59 Å². The van der Waals surface area contributed by atoms with Gasteiger partial charge in [-0.15, -0.1) is 0 Å². The minimum atomic E-state index is -0.305. The summed E-state index contributed by atoms with van der Waals surface area (Å²) in [6.07, 6.45) is 3.75. The monoisotopic (exact) mass is 396 g/mol. The van der Waals surface area contributed by atoms with Crippen molar-refractivity contribution in [1.82, 2.24) is 5.32 Å². The third kappa shape index (κ3) is 5.73. The Labute approximate surface area is 171 Å². The van der Waals surface area contributed by atoms with E-state index in [1.807, 2.05) is 13.8 Å². The molecule has 6 nitrogen and oxygen atoms in total. The number of para-hydroxylation sites is 1. The zero-order valence-electron chi connectivity index (χ0n) is 17.0. The van der Waals surface area contributed by atoms with Crippen LogP contribution < -0.4 is 20.1 Å². The highest BCUT2D eigenvalue weighted by atomic mass is 16.5. The second-order valence-electron chi connectivity index (χ2n) is 7.11. The number of ether oxygens (including phenoxy) is 2. The van der Waals surface area contributed by atoms with Crippen LogP contribution in [0.3, 0.4) is 0 Å². The van der Waals surface area contributed by atoms with Gasteiger partial charge in [-0.05, 0) is 56.0 Å². The van der Waals surface area contributed by atoms with Crippen molar-refractivity contribution in [3.8, 4) is 11.5 Å². The molecule has 0 aromatic heterocycles. The number of amides is 2. The normalized spacial score (nSPS) is 12.9. The molecular formula is C23H28N2O4. The molecule has 2 N–H and O–H groups in total. The van der Waals surface area contributed by atoms with E-state index in [0.717, 1.165) is 25.7 Å². The van der Waals surface area contributed by atoms with Gasteiger partial charge in [0.15, 0.2) is 11.5 Å². The van der Waals surface area contributed by atoms with Gasteiger partial charge in [-0.2, -0.15) is 0 Å². The van der Waals surface area contributed by atoms with Crippen molar-refractivity contribution < 1.29 is 19.1 Å². The van der Waals surface area contributed by atoms with Crippen molar-refractivity contribution >= 4 is 17.5 Å². The summed E-state index contributed by atoms with van der Waals surface area (Å²) in [7, 11) is 0. The molecule has 1 fully saturated rings. The van der Waals surface area contributed by atoms with Gasteiger partial charge in [0.05, 0.1) is 24.5 Å². The van der Waals surface area contributed by atoms with Gasteiger partial charge in [0.1, 0.15) is 0 Å². The van der Waals surface area contributed by atoms with Gasteiger partial charge < -0.3 is 20.1 Å². The number of rotatable bonds is 10. The lowest BCUT2D eigenvalue weighted by Gasteiger charge is -2.14. The van der Waals surface area contributed by atoms with Gasteiger partial charge in [-0.1, -0.05) is 26.0 Å². The lowest BCUT2D eigenvalue weighted by Crippen LogP contribution is -2.27. The standard InChI is InChI=1S/C23H28N2O4/c1-3-13-28-20-12-9-16(15-21(20)29-14-4-2)22(26)25-19-8-6-5-7-18(19)23(27)24-17-10-11-17/h5-9,12,15,17H,3-4,10-11,13-14H2,1-2H3,(H,24,27)(H,25,26). The maximum absolute atomic E-state index is 12.8. The topological polar surface area (TPSA) is 76.7 Å². The number of carbonyl (C=O) groups is 2. The number of benzene rings is 2. The highest BCUT2D eigenvalue weighted by molar-refractivity contribution is 6.09. The van der Waals surface area contributed by atoms with Crippen LogP contribution in [-0.2, 0) is 0 Å². The molecule has 154 valence electrons. The summed E-state index contributed by atoms with van der Waals surface area (Å²) in [6, 6.07) is 12.4. The van der Waals surface area contributed by atoms with Crippen molar-refractivity contribution in [2.75, 3.05) is 18.5 Å². The van der Waals surface area contributed by atoms with Crippen LogP contribution in [-0.4, -0.2) is 31.1 Å². The average Bonchev–Trinajstić information content (AvgIpc) is 3.55. The summed E-state index contributed by atoms with van der Waals surface area (Å²) in [5.74, 6) is 0.701. The van der Waals surface area contributed by atoms with E-state index >= 15 is 0 Å². The van der Waals surface area contributed by atoms with Crippen molar-refractivity contribution in [3.05, 3.63) is 53.6 Å². The molecule has 0 radical (unpaired) electrons. The lowest BCUT2D eigenvalue weighted by atomic mass is 10.1. The van der Waals surface area contributed by atoms with Crippen LogP contribution >= 0.6 is 0 Å². The van der Waals surface area contributed by atoms with Crippen LogP contribution in [0.15, 0.2) is 42.5 Å². The molecule has 0 heterocycles. The van der Waals surface area contributed by atoms with Gasteiger partial charge in [-0.25, -0.2) is 0 Å². The number of hydrogen-bond acceptors (Lipinski definition) is 4. The zero-order chi connectivity index (χ0) is 20.6. The Morgan fingerprint density at radius 2 is 1.62 bits per heavy atom. The number of nitrogens with one attached hydrogen (secondary N) is 2. The number of carbonyl (C=O) groups excluding carboxylic acids is 2. The maximum atomic E-state index is 12.8. The second-order valence-corrected chi connectivity index (χ2v) is 7.11. The fraction of sp³-hybridized carbons (Fsp3) is 0.391. The summed E-state index contributed by atoms with van der Waals surface area (Å²) in [5, 5.41) is 5.81. The van der Waals surface area contributed by atoms with Crippen LogP contribution in [0.2, 0.25) is 0 Å². The van der Waals surface area contributed by atoms with Gasteiger partial charge in [0.25, 0.3) is 11.8 Å². The minimum absolute atomic E-state index is 0.168. The first-order valence-electron chi connectivity index (χ1n) is 10.2. The lowest BCUT2D eigenvalue weighted by molar-refractivity contribution is 0.0952. The summed E-state index contributed by atoms with van der Waals surface area (Å²) in [6.45, 7) is 5.17. The van der Waals surface area contributed by atoms with Crippen LogP contribution in [0.5, 0.6) is 11.5 Å². The van der Waals surface area contributed by atoms with Gasteiger partial charge in [-0.3, -0.25) is 9.59 Å². The first-order valence-corrected chi connectivity index (χ1v) is 10.2. The third-order valence-corrected chi connectivity index (χ3v) is 4.46. The van der Waals surface area contributed by atoms with Gasteiger partial charge in [0.2, 0.25) is 0 Å². The largest absolute Gasteiger partial charge is 0.490 e. The van der Waals surface area contributed by atoms with Crippen molar-refractivity contribution in [1.29, 1.82) is 0 Å². The first kappa shape index (κ1) is 20.7. The van der Waals surface area contributed by atoms with E-state index in [-0.39, 0.29) is 17.9 Å². The molecule has 6 heteroatoms. The Balaban J connectivity index is 1.77. The Hall–Kier alpha value is -3.02. The quantitative estimate of drug-likeness (QED) is 0.624. The van der Waals surface area contributed by atoms with E-state index in [0.29, 0.717) is 41.5 Å². The van der Waals surface area contributed by atoms with Crippen LogP contribution in [0.25, 0.3) is 0 Å². The highest BCUT2D eigenvalue weighted by Crippen LogP contribution is 2.29. The van der Waals surface area contributed by atoms with E-state index in [2.05, 4.69) is 10.6 Å². The molecule has 2 aromatic rings. The zero-order valence-corrected chi connectivity index (χ0v) is 17.0. The Kier molecular flexibility index (Phi) is 7.11. The molecule has 29 heavy (non-hydrogen) atoms. The van der Waals surface area contributed by atoms with Crippen LogP contribution in [0, 0.1) is 0 Å². The number of hydrogen-bond donors (Lipinski definition) is 2. The minimum Gasteiger partial charge on any atom is -0.490 e. The van der Waals surface area contributed by atoms with Crippen LogP contribution in [0.4, 0.5) is 5.69 Å². The predicted octanol–water partition coefficient (Wildman–Crippen LogP) is 4.41.